The van der Waals surface area contributed by atoms with Gasteiger partial charge < -0.3 is 25.8 Å². The lowest BCUT2D eigenvalue weighted by molar-refractivity contribution is -0.145. The number of ether oxygens (including phenoxy) is 2. The van der Waals surface area contributed by atoms with E-state index in [-0.39, 0.29) is 24.4 Å². The molecule has 1 amide bonds. The number of esters is 1. The van der Waals surface area contributed by atoms with Crippen molar-refractivity contribution in [3.63, 3.8) is 0 Å². The van der Waals surface area contributed by atoms with Gasteiger partial charge in [-0.1, -0.05) is 6.58 Å². The van der Waals surface area contributed by atoms with E-state index in [1.165, 1.54) is 0 Å². The molecule has 4 N–H and O–H groups in total. The number of hydrogen-bond donors (Lipinski definition) is 3. The largest absolute Gasteiger partial charge is 0.490 e. The molecule has 0 aromatic heterocycles. The van der Waals surface area contributed by atoms with Gasteiger partial charge in [-0.05, 0) is 67.8 Å². The van der Waals surface area contributed by atoms with E-state index in [1.807, 2.05) is 12.1 Å². The molecular formula is C22H25N3O4. The first kappa shape index (κ1) is 20.3. The molecule has 0 bridgehead atoms. The lowest BCUT2D eigenvalue weighted by Gasteiger charge is -2.26. The first-order valence-electron chi connectivity index (χ1n) is 9.52. The molecule has 1 atom stereocenters. The molecule has 0 spiro atoms. The highest BCUT2D eigenvalue weighted by Gasteiger charge is 2.23. The minimum atomic E-state index is -0.248. The smallest absolute Gasteiger partial charge is 0.309 e. The third kappa shape index (κ3) is 5.51. The standard InChI is InChI=1S/C22H25N3O4/c1-3-28-21(26)13-19-10-6-16-12-18(9-11-20(16)29-19)25-22(27)15-4-7-17(8-5-15)24-14(2)23/h4-5,7-9,11-12,19,24H,2-3,6,10,13,23H2,1H3,(H,25,27). The summed E-state index contributed by atoms with van der Waals surface area (Å²) in [6.45, 7) is 5.73. The van der Waals surface area contributed by atoms with E-state index in [4.69, 9.17) is 15.2 Å². The Labute approximate surface area is 169 Å². The Morgan fingerprint density at radius 3 is 2.59 bits per heavy atom. The minimum Gasteiger partial charge on any atom is -0.490 e. The van der Waals surface area contributed by atoms with Gasteiger partial charge in [0, 0.05) is 16.9 Å². The van der Waals surface area contributed by atoms with Crippen LogP contribution in [0.4, 0.5) is 11.4 Å². The Morgan fingerprint density at radius 1 is 1.17 bits per heavy atom. The van der Waals surface area contributed by atoms with Crippen molar-refractivity contribution in [3.8, 4) is 5.75 Å². The normalized spacial score (nSPS) is 14.9. The molecule has 1 unspecified atom stereocenters. The fraction of sp³-hybridized carbons (Fsp3) is 0.273. The predicted molar refractivity (Wildman–Crippen MR) is 112 cm³/mol. The Morgan fingerprint density at radius 2 is 1.90 bits per heavy atom. The number of benzene rings is 2. The molecule has 1 aliphatic rings. The van der Waals surface area contributed by atoms with Crippen molar-refractivity contribution in [1.82, 2.24) is 0 Å². The van der Waals surface area contributed by atoms with Crippen LogP contribution >= 0.6 is 0 Å². The zero-order chi connectivity index (χ0) is 20.8. The van der Waals surface area contributed by atoms with Gasteiger partial charge in [-0.3, -0.25) is 9.59 Å². The Kier molecular flexibility index (Phi) is 6.39. The third-order valence-corrected chi connectivity index (χ3v) is 4.50. The monoisotopic (exact) mass is 395 g/mol. The SMILES string of the molecule is C=C(N)Nc1ccc(C(=O)Nc2ccc3c(c2)CCC(CC(=O)OCC)O3)cc1. The Balaban J connectivity index is 1.61. The first-order chi connectivity index (χ1) is 13.9. The molecule has 0 saturated carbocycles. The van der Waals surface area contributed by atoms with Crippen LogP contribution in [0.5, 0.6) is 5.75 Å². The van der Waals surface area contributed by atoms with Gasteiger partial charge in [-0.25, -0.2) is 0 Å². The van der Waals surface area contributed by atoms with Crippen molar-refractivity contribution in [2.75, 3.05) is 17.2 Å². The molecule has 3 rings (SSSR count). The molecule has 1 heterocycles. The van der Waals surface area contributed by atoms with Gasteiger partial charge in [0.05, 0.1) is 18.8 Å². The number of anilines is 2. The summed E-state index contributed by atoms with van der Waals surface area (Å²) >= 11 is 0. The van der Waals surface area contributed by atoms with Crippen LogP contribution in [0.15, 0.2) is 54.9 Å². The second-order valence-electron chi connectivity index (χ2n) is 6.79. The number of amides is 1. The average molecular weight is 395 g/mol. The van der Waals surface area contributed by atoms with E-state index >= 15 is 0 Å². The molecule has 2 aromatic rings. The van der Waals surface area contributed by atoms with Crippen LogP contribution in [0.2, 0.25) is 0 Å². The van der Waals surface area contributed by atoms with Gasteiger partial charge in [-0.2, -0.15) is 0 Å². The highest BCUT2D eigenvalue weighted by molar-refractivity contribution is 6.04. The molecule has 0 fully saturated rings. The zero-order valence-corrected chi connectivity index (χ0v) is 16.4. The van der Waals surface area contributed by atoms with Crippen LogP contribution in [0, 0.1) is 0 Å². The van der Waals surface area contributed by atoms with Gasteiger partial charge in [-0.15, -0.1) is 0 Å². The molecule has 29 heavy (non-hydrogen) atoms. The van der Waals surface area contributed by atoms with Crippen LogP contribution in [-0.4, -0.2) is 24.6 Å². The molecule has 2 aromatic carbocycles. The fourth-order valence-corrected chi connectivity index (χ4v) is 3.17. The maximum atomic E-state index is 12.5. The van der Waals surface area contributed by atoms with Crippen LogP contribution in [-0.2, 0) is 16.0 Å². The van der Waals surface area contributed by atoms with Crippen LogP contribution in [0.1, 0.15) is 35.7 Å². The summed E-state index contributed by atoms with van der Waals surface area (Å²) in [5, 5.41) is 5.78. The number of nitrogens with one attached hydrogen (secondary N) is 2. The highest BCUT2D eigenvalue weighted by Crippen LogP contribution is 2.31. The molecular weight excluding hydrogens is 370 g/mol. The summed E-state index contributed by atoms with van der Waals surface area (Å²) in [4.78, 5) is 24.1. The summed E-state index contributed by atoms with van der Waals surface area (Å²) in [6, 6.07) is 12.5. The van der Waals surface area contributed by atoms with E-state index in [2.05, 4.69) is 17.2 Å². The number of rotatable bonds is 7. The molecule has 0 radical (unpaired) electrons. The third-order valence-electron chi connectivity index (χ3n) is 4.50. The van der Waals surface area contributed by atoms with E-state index in [0.717, 1.165) is 29.8 Å². The fourth-order valence-electron chi connectivity index (χ4n) is 3.17. The molecule has 1 aliphatic heterocycles. The lowest BCUT2D eigenvalue weighted by atomic mass is 10.00. The zero-order valence-electron chi connectivity index (χ0n) is 16.4. The second kappa shape index (κ2) is 9.14. The molecule has 0 saturated heterocycles. The van der Waals surface area contributed by atoms with E-state index < -0.39 is 0 Å². The Bertz CT molecular complexity index is 909. The first-order valence-corrected chi connectivity index (χ1v) is 9.52. The van der Waals surface area contributed by atoms with Crippen molar-refractivity contribution in [2.45, 2.75) is 32.3 Å². The van der Waals surface area contributed by atoms with Gasteiger partial charge >= 0.3 is 5.97 Å². The molecule has 7 heteroatoms. The summed E-state index contributed by atoms with van der Waals surface area (Å²) in [6.07, 6.45) is 1.56. The summed E-state index contributed by atoms with van der Waals surface area (Å²) in [5.74, 6) is 0.616. The number of nitrogens with two attached hydrogens (primary N) is 1. The summed E-state index contributed by atoms with van der Waals surface area (Å²) in [5.41, 5.74) is 8.50. The van der Waals surface area contributed by atoms with Gasteiger partial charge in [0.1, 0.15) is 11.9 Å². The van der Waals surface area contributed by atoms with Crippen molar-refractivity contribution in [3.05, 3.63) is 66.0 Å². The number of hydrogen-bond acceptors (Lipinski definition) is 6. The highest BCUT2D eigenvalue weighted by atomic mass is 16.5. The number of carbonyl (C=O) groups excluding carboxylic acids is 2. The van der Waals surface area contributed by atoms with Crippen LogP contribution < -0.4 is 21.1 Å². The lowest BCUT2D eigenvalue weighted by Crippen LogP contribution is -2.26. The molecule has 152 valence electrons. The number of carbonyl (C=O) groups is 2. The molecule has 0 aliphatic carbocycles. The van der Waals surface area contributed by atoms with Crippen molar-refractivity contribution in [2.24, 2.45) is 5.73 Å². The topological polar surface area (TPSA) is 103 Å². The predicted octanol–water partition coefficient (Wildman–Crippen LogP) is 3.43. The summed E-state index contributed by atoms with van der Waals surface area (Å²) in [7, 11) is 0. The maximum absolute atomic E-state index is 12.5. The number of fused-ring (bicyclic) bond motifs is 1. The van der Waals surface area contributed by atoms with Gasteiger partial charge in [0.25, 0.3) is 5.91 Å². The molecule has 7 nitrogen and oxygen atoms in total. The van der Waals surface area contributed by atoms with E-state index in [1.54, 1.807) is 37.3 Å². The summed E-state index contributed by atoms with van der Waals surface area (Å²) < 4.78 is 10.9. The van der Waals surface area contributed by atoms with Gasteiger partial charge in [0.15, 0.2) is 0 Å². The van der Waals surface area contributed by atoms with Gasteiger partial charge in [0.2, 0.25) is 0 Å². The Hall–Kier alpha value is -3.48. The van der Waals surface area contributed by atoms with E-state index in [0.29, 0.717) is 23.7 Å². The van der Waals surface area contributed by atoms with Crippen LogP contribution in [0.25, 0.3) is 0 Å². The van der Waals surface area contributed by atoms with Crippen molar-refractivity contribution >= 4 is 23.3 Å². The quantitative estimate of drug-likeness (QED) is 0.621. The minimum absolute atomic E-state index is 0.182. The maximum Gasteiger partial charge on any atom is 0.309 e. The van der Waals surface area contributed by atoms with E-state index in [9.17, 15) is 9.59 Å². The van der Waals surface area contributed by atoms with Crippen LogP contribution in [0.3, 0.4) is 0 Å². The van der Waals surface area contributed by atoms with Crippen molar-refractivity contribution < 1.29 is 19.1 Å². The number of aryl methyl sites for hydroxylation is 1. The second-order valence-corrected chi connectivity index (χ2v) is 6.79. The average Bonchev–Trinajstić information content (AvgIpc) is 2.68. The van der Waals surface area contributed by atoms with Crippen molar-refractivity contribution in [1.29, 1.82) is 0 Å².